The van der Waals surface area contributed by atoms with Crippen LogP contribution in [0.4, 0.5) is 4.39 Å². The third-order valence-electron chi connectivity index (χ3n) is 4.79. The van der Waals surface area contributed by atoms with E-state index in [-0.39, 0.29) is 23.2 Å². The van der Waals surface area contributed by atoms with Gasteiger partial charge in [0.15, 0.2) is 11.5 Å². The average Bonchev–Trinajstić information content (AvgIpc) is 3.11. The number of aromatic nitrogens is 1. The van der Waals surface area contributed by atoms with Gasteiger partial charge in [-0.3, -0.25) is 4.79 Å². The van der Waals surface area contributed by atoms with Gasteiger partial charge in [0.25, 0.3) is 5.91 Å². The van der Waals surface area contributed by atoms with Crippen molar-refractivity contribution >= 4 is 17.5 Å². The summed E-state index contributed by atoms with van der Waals surface area (Å²) in [6.45, 7) is 1.75. The Labute approximate surface area is 162 Å². The van der Waals surface area contributed by atoms with Crippen molar-refractivity contribution in [2.75, 3.05) is 27.2 Å². The molecule has 146 valence electrons. The highest BCUT2D eigenvalue weighted by Crippen LogP contribution is 2.26. The highest BCUT2D eigenvalue weighted by atomic mass is 35.5. The summed E-state index contributed by atoms with van der Waals surface area (Å²) in [5.41, 5.74) is 0.236. The molecule has 0 spiro atoms. The number of carbonyl (C=O) groups excluding carboxylic acids is 1. The number of hydrogen-bond donors (Lipinski definition) is 0. The van der Waals surface area contributed by atoms with Crippen molar-refractivity contribution in [1.82, 2.24) is 15.0 Å². The fourth-order valence-corrected chi connectivity index (χ4v) is 3.41. The second kappa shape index (κ2) is 8.71. The first kappa shape index (κ1) is 19.6. The van der Waals surface area contributed by atoms with E-state index in [1.54, 1.807) is 18.0 Å². The quantitative estimate of drug-likeness (QED) is 0.747. The molecule has 1 aliphatic heterocycles. The zero-order valence-corrected chi connectivity index (χ0v) is 16.2. The summed E-state index contributed by atoms with van der Waals surface area (Å²) in [5.74, 6) is 0.0945. The second-order valence-corrected chi connectivity index (χ2v) is 7.26. The molecular formula is C19H23ClFN3O3. The van der Waals surface area contributed by atoms with Crippen molar-refractivity contribution in [3.05, 3.63) is 46.6 Å². The van der Waals surface area contributed by atoms with Crippen LogP contribution < -0.4 is 4.74 Å². The molecule has 1 aliphatic rings. The lowest BCUT2D eigenvalue weighted by Crippen LogP contribution is -2.45. The molecule has 27 heavy (non-hydrogen) atoms. The molecule has 0 unspecified atom stereocenters. The number of rotatable bonds is 6. The van der Waals surface area contributed by atoms with Gasteiger partial charge in [0, 0.05) is 25.7 Å². The minimum absolute atomic E-state index is 0.0424. The fourth-order valence-electron chi connectivity index (χ4n) is 3.19. The van der Waals surface area contributed by atoms with E-state index in [0.29, 0.717) is 24.1 Å². The van der Waals surface area contributed by atoms with E-state index in [9.17, 15) is 9.18 Å². The number of benzene rings is 1. The van der Waals surface area contributed by atoms with Gasteiger partial charge in [0.1, 0.15) is 18.2 Å². The molecular weight excluding hydrogens is 373 g/mol. The van der Waals surface area contributed by atoms with Crippen molar-refractivity contribution in [2.24, 2.45) is 0 Å². The molecule has 0 bridgehead atoms. The number of nitrogens with zero attached hydrogens (tertiary/aromatic N) is 3. The fraction of sp³-hybridized carbons (Fsp3) is 0.474. The third-order valence-corrected chi connectivity index (χ3v) is 5.09. The topological polar surface area (TPSA) is 58.8 Å². The lowest BCUT2D eigenvalue weighted by atomic mass is 10.0. The number of carbonyl (C=O) groups is 1. The largest absolute Gasteiger partial charge is 0.484 e. The van der Waals surface area contributed by atoms with Crippen LogP contribution in [-0.4, -0.2) is 54.1 Å². The van der Waals surface area contributed by atoms with E-state index in [1.807, 2.05) is 0 Å². The van der Waals surface area contributed by atoms with Crippen molar-refractivity contribution in [2.45, 2.75) is 31.9 Å². The highest BCUT2D eigenvalue weighted by molar-refractivity contribution is 6.32. The van der Waals surface area contributed by atoms with Crippen LogP contribution in [0.3, 0.4) is 0 Å². The van der Waals surface area contributed by atoms with Gasteiger partial charge in [-0.2, -0.15) is 0 Å². The number of halogens is 2. The number of piperidine rings is 1. The summed E-state index contributed by atoms with van der Waals surface area (Å²) in [7, 11) is 3.86. The Morgan fingerprint density at radius 2 is 2.26 bits per heavy atom. The molecule has 1 aromatic carbocycles. The van der Waals surface area contributed by atoms with Gasteiger partial charge in [-0.1, -0.05) is 23.2 Å². The molecule has 2 heterocycles. The Kier molecular flexibility index (Phi) is 6.34. The van der Waals surface area contributed by atoms with E-state index >= 15 is 0 Å². The number of hydrogen-bond acceptors (Lipinski definition) is 5. The maximum atomic E-state index is 13.1. The van der Waals surface area contributed by atoms with Crippen LogP contribution in [0.25, 0.3) is 0 Å². The van der Waals surface area contributed by atoms with Crippen LogP contribution in [0.1, 0.15) is 35.5 Å². The van der Waals surface area contributed by atoms with Gasteiger partial charge in [0.2, 0.25) is 0 Å². The number of amides is 1. The summed E-state index contributed by atoms with van der Waals surface area (Å²) in [4.78, 5) is 16.6. The molecule has 6 nitrogen and oxygen atoms in total. The van der Waals surface area contributed by atoms with Crippen LogP contribution in [0.15, 0.2) is 28.8 Å². The average molecular weight is 396 g/mol. The SMILES string of the molecule is CN(C[C@H]1CCCCN1C)C(=O)c1cc(COc2ccc(F)cc2Cl)on1. The normalized spacial score (nSPS) is 17.7. The van der Waals surface area contributed by atoms with Gasteiger partial charge < -0.3 is 19.1 Å². The molecule has 2 aromatic rings. The number of likely N-dealkylation sites (tertiary alicyclic amines) is 1. The van der Waals surface area contributed by atoms with Crippen LogP contribution >= 0.6 is 11.6 Å². The highest BCUT2D eigenvalue weighted by Gasteiger charge is 2.24. The van der Waals surface area contributed by atoms with Crippen molar-refractivity contribution < 1.29 is 18.4 Å². The predicted molar refractivity (Wildman–Crippen MR) is 99.5 cm³/mol. The Bertz CT molecular complexity index is 798. The van der Waals surface area contributed by atoms with Gasteiger partial charge in [0.05, 0.1) is 5.02 Å². The molecule has 0 saturated carbocycles. The van der Waals surface area contributed by atoms with E-state index in [4.69, 9.17) is 20.9 Å². The molecule has 1 saturated heterocycles. The summed E-state index contributed by atoms with van der Waals surface area (Å²) >= 11 is 5.92. The number of likely N-dealkylation sites (N-methyl/N-ethyl adjacent to an activating group) is 2. The van der Waals surface area contributed by atoms with Gasteiger partial charge in [-0.15, -0.1) is 0 Å². The lowest BCUT2D eigenvalue weighted by molar-refractivity contribution is 0.0707. The Morgan fingerprint density at radius 1 is 1.44 bits per heavy atom. The Morgan fingerprint density at radius 3 is 3.00 bits per heavy atom. The molecule has 0 N–H and O–H groups in total. The summed E-state index contributed by atoms with van der Waals surface area (Å²) in [5, 5.41) is 4.01. The first-order valence-corrected chi connectivity index (χ1v) is 9.31. The first-order valence-electron chi connectivity index (χ1n) is 8.93. The molecule has 1 atom stereocenters. The first-order chi connectivity index (χ1) is 12.9. The summed E-state index contributed by atoms with van der Waals surface area (Å²) < 4.78 is 23.7. The lowest BCUT2D eigenvalue weighted by Gasteiger charge is -2.34. The third kappa shape index (κ3) is 4.99. The smallest absolute Gasteiger partial charge is 0.275 e. The van der Waals surface area contributed by atoms with E-state index in [1.165, 1.54) is 31.0 Å². The van der Waals surface area contributed by atoms with E-state index in [2.05, 4.69) is 17.1 Å². The molecule has 0 radical (unpaired) electrons. The predicted octanol–water partition coefficient (Wildman–Crippen LogP) is 3.60. The Balaban J connectivity index is 1.56. The molecule has 1 fully saturated rings. The minimum Gasteiger partial charge on any atom is -0.484 e. The monoisotopic (exact) mass is 395 g/mol. The standard InChI is InChI=1S/C19H23ClFN3O3/c1-23-8-4-3-5-14(23)11-24(2)19(25)17-10-15(27-22-17)12-26-18-7-6-13(21)9-16(18)20/h6-7,9-10,14H,3-5,8,11-12H2,1-2H3/t14-/m1/s1. The van der Waals surface area contributed by atoms with Crippen LogP contribution in [0.5, 0.6) is 5.75 Å². The second-order valence-electron chi connectivity index (χ2n) is 6.86. The molecule has 0 aliphatic carbocycles. The summed E-state index contributed by atoms with van der Waals surface area (Å²) in [6.07, 6.45) is 3.48. The van der Waals surface area contributed by atoms with Crippen molar-refractivity contribution in [3.63, 3.8) is 0 Å². The summed E-state index contributed by atoms with van der Waals surface area (Å²) in [6, 6.07) is 5.79. The maximum absolute atomic E-state index is 13.1. The van der Waals surface area contributed by atoms with Crippen molar-refractivity contribution in [3.8, 4) is 5.75 Å². The van der Waals surface area contributed by atoms with Gasteiger partial charge >= 0.3 is 0 Å². The molecule has 3 rings (SSSR count). The van der Waals surface area contributed by atoms with Gasteiger partial charge in [-0.25, -0.2) is 4.39 Å². The van der Waals surface area contributed by atoms with Gasteiger partial charge in [-0.05, 0) is 44.6 Å². The van der Waals surface area contributed by atoms with Crippen LogP contribution in [0, 0.1) is 5.82 Å². The van der Waals surface area contributed by atoms with Crippen molar-refractivity contribution in [1.29, 1.82) is 0 Å². The Hall–Kier alpha value is -2.12. The van der Waals surface area contributed by atoms with E-state index < -0.39 is 5.82 Å². The number of ether oxygens (including phenoxy) is 1. The zero-order chi connectivity index (χ0) is 19.4. The zero-order valence-electron chi connectivity index (χ0n) is 15.5. The maximum Gasteiger partial charge on any atom is 0.275 e. The minimum atomic E-state index is -0.438. The van der Waals surface area contributed by atoms with Crippen LogP contribution in [0.2, 0.25) is 5.02 Å². The molecule has 8 heteroatoms. The van der Waals surface area contributed by atoms with E-state index in [0.717, 1.165) is 13.0 Å². The van der Waals surface area contributed by atoms with Crippen LogP contribution in [-0.2, 0) is 6.61 Å². The molecule has 1 aromatic heterocycles. The molecule has 1 amide bonds.